The summed E-state index contributed by atoms with van der Waals surface area (Å²) in [5.41, 5.74) is 1.38. The number of amides is 1. The van der Waals surface area contributed by atoms with Crippen LogP contribution in [-0.2, 0) is 4.79 Å². The van der Waals surface area contributed by atoms with Crippen LogP contribution >= 0.6 is 0 Å². The predicted molar refractivity (Wildman–Crippen MR) is 66.8 cm³/mol. The van der Waals surface area contributed by atoms with Gasteiger partial charge in [-0.3, -0.25) is 4.79 Å². The number of rotatable bonds is 3. The SMILES string of the molecule is CCC1=N/C(=C/c2ccc(OC)cc2)C(=O)N1. The third kappa shape index (κ3) is 2.53. The van der Waals surface area contributed by atoms with Crippen molar-refractivity contribution in [3.05, 3.63) is 35.5 Å². The Morgan fingerprint density at radius 2 is 2.06 bits per heavy atom. The van der Waals surface area contributed by atoms with Gasteiger partial charge in [0.05, 0.1) is 7.11 Å². The molecule has 0 saturated heterocycles. The van der Waals surface area contributed by atoms with Crippen LogP contribution in [0.2, 0.25) is 0 Å². The molecule has 1 aliphatic heterocycles. The van der Waals surface area contributed by atoms with Crippen molar-refractivity contribution in [1.29, 1.82) is 0 Å². The van der Waals surface area contributed by atoms with Gasteiger partial charge in [-0.2, -0.15) is 0 Å². The Labute approximate surface area is 100 Å². The highest BCUT2D eigenvalue weighted by molar-refractivity contribution is 6.14. The van der Waals surface area contributed by atoms with E-state index in [2.05, 4.69) is 10.3 Å². The van der Waals surface area contributed by atoms with Crippen LogP contribution < -0.4 is 10.1 Å². The van der Waals surface area contributed by atoms with Crippen molar-refractivity contribution in [1.82, 2.24) is 5.32 Å². The quantitative estimate of drug-likeness (QED) is 0.807. The van der Waals surface area contributed by atoms with Gasteiger partial charge in [-0.05, 0) is 23.8 Å². The normalized spacial score (nSPS) is 16.9. The molecular formula is C13H14N2O2. The van der Waals surface area contributed by atoms with Crippen molar-refractivity contribution in [2.24, 2.45) is 4.99 Å². The van der Waals surface area contributed by atoms with E-state index >= 15 is 0 Å². The lowest BCUT2D eigenvalue weighted by atomic mass is 10.2. The molecule has 1 N–H and O–H groups in total. The van der Waals surface area contributed by atoms with Crippen molar-refractivity contribution in [2.45, 2.75) is 13.3 Å². The highest BCUT2D eigenvalue weighted by Gasteiger charge is 2.17. The highest BCUT2D eigenvalue weighted by atomic mass is 16.5. The second-order valence-corrected chi connectivity index (χ2v) is 3.67. The van der Waals surface area contributed by atoms with E-state index in [1.54, 1.807) is 13.2 Å². The van der Waals surface area contributed by atoms with E-state index in [4.69, 9.17) is 4.74 Å². The number of benzene rings is 1. The van der Waals surface area contributed by atoms with E-state index in [0.29, 0.717) is 5.70 Å². The number of methoxy groups -OCH3 is 1. The molecule has 1 heterocycles. The largest absolute Gasteiger partial charge is 0.497 e. The molecule has 2 rings (SSSR count). The van der Waals surface area contributed by atoms with E-state index in [9.17, 15) is 4.79 Å². The van der Waals surface area contributed by atoms with Gasteiger partial charge in [-0.15, -0.1) is 0 Å². The van der Waals surface area contributed by atoms with Crippen molar-refractivity contribution >= 4 is 17.8 Å². The van der Waals surface area contributed by atoms with Gasteiger partial charge in [-0.25, -0.2) is 4.99 Å². The first-order valence-corrected chi connectivity index (χ1v) is 5.47. The fraction of sp³-hybridized carbons (Fsp3) is 0.231. The molecule has 0 radical (unpaired) electrons. The molecule has 4 heteroatoms. The zero-order valence-electron chi connectivity index (χ0n) is 9.86. The number of carbonyl (C=O) groups is 1. The Kier molecular flexibility index (Phi) is 3.23. The molecule has 0 aliphatic carbocycles. The Morgan fingerprint density at radius 3 is 2.59 bits per heavy atom. The molecule has 88 valence electrons. The van der Waals surface area contributed by atoms with Crippen molar-refractivity contribution in [2.75, 3.05) is 7.11 Å². The van der Waals surface area contributed by atoms with Crippen LogP contribution in [-0.4, -0.2) is 18.9 Å². The first-order valence-electron chi connectivity index (χ1n) is 5.47. The van der Waals surface area contributed by atoms with Crippen molar-refractivity contribution < 1.29 is 9.53 Å². The first kappa shape index (κ1) is 11.4. The minimum Gasteiger partial charge on any atom is -0.497 e. The molecule has 0 fully saturated rings. The molecule has 0 spiro atoms. The topological polar surface area (TPSA) is 50.7 Å². The number of hydrogen-bond donors (Lipinski definition) is 1. The molecule has 0 aromatic heterocycles. The maximum Gasteiger partial charge on any atom is 0.275 e. The molecule has 4 nitrogen and oxygen atoms in total. The molecular weight excluding hydrogens is 216 g/mol. The van der Waals surface area contributed by atoms with Crippen LogP contribution in [0.5, 0.6) is 5.75 Å². The van der Waals surface area contributed by atoms with Crippen LogP contribution in [0.15, 0.2) is 35.0 Å². The summed E-state index contributed by atoms with van der Waals surface area (Å²) in [7, 11) is 1.62. The molecule has 17 heavy (non-hydrogen) atoms. The number of nitrogens with one attached hydrogen (secondary N) is 1. The lowest BCUT2D eigenvalue weighted by Gasteiger charge is -1.99. The number of ether oxygens (including phenoxy) is 1. The molecule has 1 aliphatic rings. The van der Waals surface area contributed by atoms with Crippen LogP contribution in [0.25, 0.3) is 6.08 Å². The van der Waals surface area contributed by atoms with Crippen LogP contribution in [0.3, 0.4) is 0 Å². The summed E-state index contributed by atoms with van der Waals surface area (Å²) in [6.45, 7) is 1.95. The fourth-order valence-electron chi connectivity index (χ4n) is 1.54. The summed E-state index contributed by atoms with van der Waals surface area (Å²) < 4.78 is 5.07. The Bertz CT molecular complexity index is 487. The second-order valence-electron chi connectivity index (χ2n) is 3.67. The number of carbonyl (C=O) groups excluding carboxylic acids is 1. The second kappa shape index (κ2) is 4.82. The van der Waals surface area contributed by atoms with Gasteiger partial charge < -0.3 is 10.1 Å². The minimum atomic E-state index is -0.141. The van der Waals surface area contributed by atoms with Crippen LogP contribution in [0.4, 0.5) is 0 Å². The standard InChI is InChI=1S/C13H14N2O2/c1-3-12-14-11(13(16)15-12)8-9-4-6-10(17-2)7-5-9/h4-8H,3H2,1-2H3,(H,14,15,16)/b11-8+. The highest BCUT2D eigenvalue weighted by Crippen LogP contribution is 2.16. The summed E-state index contributed by atoms with van der Waals surface area (Å²) in [5, 5.41) is 2.71. The van der Waals surface area contributed by atoms with Gasteiger partial charge in [0.1, 0.15) is 17.3 Å². The molecule has 1 aromatic carbocycles. The van der Waals surface area contributed by atoms with Crippen LogP contribution in [0.1, 0.15) is 18.9 Å². The van der Waals surface area contributed by atoms with Crippen molar-refractivity contribution in [3.63, 3.8) is 0 Å². The Balaban J connectivity index is 2.23. The van der Waals surface area contributed by atoms with E-state index < -0.39 is 0 Å². The van der Waals surface area contributed by atoms with Gasteiger partial charge in [0.15, 0.2) is 0 Å². The lowest BCUT2D eigenvalue weighted by Crippen LogP contribution is -2.22. The maximum atomic E-state index is 11.6. The lowest BCUT2D eigenvalue weighted by molar-refractivity contribution is -0.115. The van der Waals surface area contributed by atoms with Gasteiger partial charge in [0.25, 0.3) is 5.91 Å². The minimum absolute atomic E-state index is 0.141. The Hall–Kier alpha value is -2.10. The zero-order valence-corrected chi connectivity index (χ0v) is 9.86. The zero-order chi connectivity index (χ0) is 12.3. The third-order valence-electron chi connectivity index (χ3n) is 2.50. The van der Waals surface area contributed by atoms with Gasteiger partial charge in [0.2, 0.25) is 0 Å². The molecule has 0 saturated carbocycles. The average molecular weight is 230 g/mol. The van der Waals surface area contributed by atoms with E-state index in [0.717, 1.165) is 23.6 Å². The third-order valence-corrected chi connectivity index (χ3v) is 2.50. The van der Waals surface area contributed by atoms with Gasteiger partial charge in [-0.1, -0.05) is 19.1 Å². The van der Waals surface area contributed by atoms with E-state index in [1.165, 1.54) is 0 Å². The summed E-state index contributed by atoms with van der Waals surface area (Å²) in [5.74, 6) is 1.37. The van der Waals surface area contributed by atoms with Gasteiger partial charge in [0, 0.05) is 6.42 Å². The summed E-state index contributed by atoms with van der Waals surface area (Å²) in [4.78, 5) is 15.8. The number of aliphatic imine (C=N–C) groups is 1. The van der Waals surface area contributed by atoms with E-state index in [-0.39, 0.29) is 5.91 Å². The number of nitrogens with zero attached hydrogens (tertiary/aromatic N) is 1. The monoisotopic (exact) mass is 230 g/mol. The smallest absolute Gasteiger partial charge is 0.275 e. The predicted octanol–water partition coefficient (Wildman–Crippen LogP) is 1.97. The first-order chi connectivity index (χ1) is 8.22. The number of hydrogen-bond acceptors (Lipinski definition) is 3. The van der Waals surface area contributed by atoms with Crippen LogP contribution in [0, 0.1) is 0 Å². The maximum absolute atomic E-state index is 11.6. The number of amidine groups is 1. The van der Waals surface area contributed by atoms with Crippen molar-refractivity contribution in [3.8, 4) is 5.75 Å². The summed E-state index contributed by atoms with van der Waals surface area (Å²) >= 11 is 0. The Morgan fingerprint density at radius 1 is 1.35 bits per heavy atom. The summed E-state index contributed by atoms with van der Waals surface area (Å²) in [6.07, 6.45) is 2.49. The van der Waals surface area contributed by atoms with Gasteiger partial charge >= 0.3 is 0 Å². The molecule has 0 unspecified atom stereocenters. The summed E-state index contributed by atoms with van der Waals surface area (Å²) in [6, 6.07) is 7.48. The molecule has 1 amide bonds. The van der Waals surface area contributed by atoms with E-state index in [1.807, 2.05) is 31.2 Å². The molecule has 0 bridgehead atoms. The molecule has 0 atom stereocenters. The molecule has 1 aromatic rings. The fourth-order valence-corrected chi connectivity index (χ4v) is 1.54. The average Bonchev–Trinajstić information content (AvgIpc) is 2.71.